The molecule has 0 bridgehead atoms. The number of hydrogen-bond donors (Lipinski definition) is 0. The van der Waals surface area contributed by atoms with Crippen molar-refractivity contribution in [3.8, 4) is 0 Å². The Labute approximate surface area is 125 Å². The first kappa shape index (κ1) is 17.3. The van der Waals surface area contributed by atoms with Crippen LogP contribution >= 0.6 is 0 Å². The van der Waals surface area contributed by atoms with Gasteiger partial charge in [0.05, 0.1) is 0 Å². The molecule has 19 heavy (non-hydrogen) atoms. The molecule has 1 fully saturated rings. The highest BCUT2D eigenvalue weighted by molar-refractivity contribution is 6.31. The van der Waals surface area contributed by atoms with Crippen molar-refractivity contribution in [1.82, 2.24) is 4.90 Å². The van der Waals surface area contributed by atoms with E-state index in [1.807, 2.05) is 0 Å². The van der Waals surface area contributed by atoms with E-state index in [0.717, 1.165) is 23.5 Å². The fourth-order valence-corrected chi connectivity index (χ4v) is 4.16. The average molecular weight is 259 g/mol. The zero-order valence-electron chi connectivity index (χ0n) is 14.5. The molecule has 0 aromatic heterocycles. The maximum Gasteiger partial charge on any atom is 0.123 e. The molecule has 1 rings (SSSR count). The van der Waals surface area contributed by atoms with Crippen LogP contribution < -0.4 is 0 Å². The summed E-state index contributed by atoms with van der Waals surface area (Å²) in [5.74, 6) is 3.13. The van der Waals surface area contributed by atoms with Gasteiger partial charge in [0.15, 0.2) is 0 Å². The molecule has 1 nitrogen and oxygen atoms in total. The summed E-state index contributed by atoms with van der Waals surface area (Å²) in [4.78, 5) is 2.86. The van der Waals surface area contributed by atoms with Crippen molar-refractivity contribution < 1.29 is 0 Å². The third kappa shape index (κ3) is 3.65. The van der Waals surface area contributed by atoms with Gasteiger partial charge in [-0.15, -0.1) is 0 Å². The molecule has 1 aliphatic heterocycles. The van der Waals surface area contributed by atoms with Crippen LogP contribution in [0.3, 0.4) is 0 Å². The molecule has 1 aliphatic rings. The second-order valence-electron chi connectivity index (χ2n) is 7.27. The standard InChI is InChI=1S/C14H33B4N/c1-4-6-7-8-9-14(3,5-2)19-12(17)10(15)11(16)13(19)18/h10-13H,4-9,15-18H2,1-3H3. The van der Waals surface area contributed by atoms with Gasteiger partial charge in [0, 0.05) is 5.54 Å². The zero-order valence-corrected chi connectivity index (χ0v) is 14.5. The molecule has 0 aromatic rings. The van der Waals surface area contributed by atoms with Gasteiger partial charge in [-0.1, -0.05) is 51.2 Å². The summed E-state index contributed by atoms with van der Waals surface area (Å²) in [6.07, 6.45) is 8.21. The molecule has 106 valence electrons. The molecule has 0 N–H and O–H groups in total. The van der Waals surface area contributed by atoms with Gasteiger partial charge in [0.1, 0.15) is 31.4 Å². The van der Waals surface area contributed by atoms with Crippen molar-refractivity contribution in [1.29, 1.82) is 0 Å². The molecule has 0 aliphatic carbocycles. The number of rotatable bonds is 7. The molecule has 0 radical (unpaired) electrons. The summed E-state index contributed by atoms with van der Waals surface area (Å²) in [5.41, 5.74) is 0.408. The Morgan fingerprint density at radius 1 is 0.895 bits per heavy atom. The molecule has 1 saturated heterocycles. The average Bonchev–Trinajstić information content (AvgIpc) is 2.59. The Morgan fingerprint density at radius 2 is 1.42 bits per heavy atom. The van der Waals surface area contributed by atoms with Gasteiger partial charge in [-0.25, -0.2) is 0 Å². The smallest absolute Gasteiger partial charge is 0.123 e. The van der Waals surface area contributed by atoms with Crippen molar-refractivity contribution in [3.05, 3.63) is 0 Å². The molecule has 5 unspecified atom stereocenters. The summed E-state index contributed by atoms with van der Waals surface area (Å²) in [6.45, 7) is 7.19. The monoisotopic (exact) mass is 259 g/mol. The second-order valence-corrected chi connectivity index (χ2v) is 7.27. The minimum Gasteiger partial charge on any atom is -0.309 e. The highest BCUT2D eigenvalue weighted by Gasteiger charge is 2.45. The van der Waals surface area contributed by atoms with Crippen molar-refractivity contribution >= 4 is 31.4 Å². The highest BCUT2D eigenvalue weighted by Crippen LogP contribution is 2.44. The van der Waals surface area contributed by atoms with Crippen LogP contribution in [0.25, 0.3) is 0 Å². The van der Waals surface area contributed by atoms with E-state index in [4.69, 9.17) is 0 Å². The number of likely N-dealkylation sites (tertiary alicyclic amines) is 1. The van der Waals surface area contributed by atoms with Crippen LogP contribution in [-0.2, 0) is 0 Å². The van der Waals surface area contributed by atoms with Gasteiger partial charge in [0.25, 0.3) is 0 Å². The van der Waals surface area contributed by atoms with Crippen LogP contribution in [-0.4, -0.2) is 53.7 Å². The zero-order chi connectivity index (χ0) is 14.6. The Kier molecular flexibility index (Phi) is 6.63. The van der Waals surface area contributed by atoms with E-state index in [1.165, 1.54) is 38.5 Å². The fraction of sp³-hybridized carbons (Fsp3) is 1.00. The third-order valence-corrected chi connectivity index (χ3v) is 6.18. The van der Waals surface area contributed by atoms with Crippen LogP contribution in [0.5, 0.6) is 0 Å². The lowest BCUT2D eigenvalue weighted by Crippen LogP contribution is -2.53. The molecule has 1 heterocycles. The van der Waals surface area contributed by atoms with Crippen LogP contribution in [0.4, 0.5) is 0 Å². The number of nitrogens with zero attached hydrogens (tertiary/aromatic N) is 1. The maximum atomic E-state index is 2.86. The molecule has 0 spiro atoms. The minimum absolute atomic E-state index is 0.408. The predicted octanol–water partition coefficient (Wildman–Crippen LogP) is 0.203. The van der Waals surface area contributed by atoms with Gasteiger partial charge >= 0.3 is 0 Å². The largest absolute Gasteiger partial charge is 0.309 e. The number of unbranched alkanes of at least 4 members (excludes halogenated alkanes) is 3. The van der Waals surface area contributed by atoms with Gasteiger partial charge in [-0.2, -0.15) is 0 Å². The first-order valence-corrected chi connectivity index (χ1v) is 8.67. The first-order chi connectivity index (χ1) is 8.89. The summed E-state index contributed by atoms with van der Waals surface area (Å²) >= 11 is 0. The SMILES string of the molecule is BC1C(B)C(B)N(C(C)(CC)CCCCCC)C1B. The lowest BCUT2D eigenvalue weighted by atomic mass is 9.58. The highest BCUT2D eigenvalue weighted by atomic mass is 15.3. The van der Waals surface area contributed by atoms with Crippen LogP contribution in [0.15, 0.2) is 0 Å². The Morgan fingerprint density at radius 3 is 1.84 bits per heavy atom. The minimum atomic E-state index is 0.408. The predicted molar refractivity (Wildman–Crippen MR) is 98.5 cm³/mol. The van der Waals surface area contributed by atoms with E-state index < -0.39 is 0 Å². The van der Waals surface area contributed by atoms with Crippen molar-refractivity contribution in [2.45, 2.75) is 88.4 Å². The van der Waals surface area contributed by atoms with Crippen LogP contribution in [0.1, 0.15) is 59.3 Å². The molecule has 0 amide bonds. The fourth-order valence-electron chi connectivity index (χ4n) is 4.16. The Bertz CT molecular complexity index is 262. The van der Waals surface area contributed by atoms with E-state index in [-0.39, 0.29) is 0 Å². The molecular weight excluding hydrogens is 225 g/mol. The first-order valence-electron chi connectivity index (χ1n) is 8.67. The topological polar surface area (TPSA) is 3.24 Å². The van der Waals surface area contributed by atoms with E-state index in [9.17, 15) is 0 Å². The third-order valence-electron chi connectivity index (χ3n) is 6.18. The molecule has 5 atom stereocenters. The molecular formula is C14H33B4N. The summed E-state index contributed by atoms with van der Waals surface area (Å²) < 4.78 is 0. The van der Waals surface area contributed by atoms with E-state index in [0.29, 0.717) is 5.54 Å². The van der Waals surface area contributed by atoms with Crippen molar-refractivity contribution in [2.75, 3.05) is 0 Å². The van der Waals surface area contributed by atoms with Gasteiger partial charge in [-0.05, 0) is 31.6 Å². The normalized spacial score (nSPS) is 35.3. The Balaban J connectivity index is 2.71. The number of hydrogen-bond acceptors (Lipinski definition) is 1. The maximum absolute atomic E-state index is 2.86. The Hall–Kier alpha value is 0.220. The second kappa shape index (κ2) is 7.29. The van der Waals surface area contributed by atoms with Gasteiger partial charge in [0.2, 0.25) is 0 Å². The quantitative estimate of drug-likeness (QED) is 0.466. The molecule has 0 aromatic carbocycles. The summed E-state index contributed by atoms with van der Waals surface area (Å²) in [5, 5.41) is 0. The summed E-state index contributed by atoms with van der Waals surface area (Å²) in [6, 6.07) is 0. The van der Waals surface area contributed by atoms with E-state index in [2.05, 4.69) is 57.1 Å². The van der Waals surface area contributed by atoms with Crippen molar-refractivity contribution in [3.63, 3.8) is 0 Å². The van der Waals surface area contributed by atoms with Crippen molar-refractivity contribution in [2.24, 2.45) is 0 Å². The van der Waals surface area contributed by atoms with Crippen LogP contribution in [0, 0.1) is 0 Å². The van der Waals surface area contributed by atoms with Gasteiger partial charge < -0.3 is 4.90 Å². The van der Waals surface area contributed by atoms with Gasteiger partial charge in [-0.3, -0.25) is 0 Å². The lowest BCUT2D eigenvalue weighted by molar-refractivity contribution is 0.0883. The van der Waals surface area contributed by atoms with Crippen LogP contribution in [0.2, 0.25) is 11.6 Å². The molecule has 5 heteroatoms. The molecule has 0 saturated carbocycles. The van der Waals surface area contributed by atoms with E-state index in [1.54, 1.807) is 0 Å². The summed E-state index contributed by atoms with van der Waals surface area (Å²) in [7, 11) is 9.78. The lowest BCUT2D eigenvalue weighted by Gasteiger charge is -2.45. The van der Waals surface area contributed by atoms with E-state index >= 15 is 0 Å².